The van der Waals surface area contributed by atoms with Crippen LogP contribution in [0.5, 0.6) is 0 Å². The molecule has 0 spiro atoms. The number of nitrogens with two attached hydrogens (primary N) is 1. The lowest BCUT2D eigenvalue weighted by atomic mass is 10.1. The first-order valence-corrected chi connectivity index (χ1v) is 12.7. The molecule has 1 aliphatic rings. The standard InChI is InChI=1S/C20H22BrN7O6S/c21-12-1-3-24-13(6-12)8-28-4-2-15(27-28)18(30)14-7-23-10-25-20(14)26-16-5-11(17(29)19(16)31)9-34-35(22,32)33/h1-4,6-7,10-11,16-17,19,29,31H,5,8-9H2,(H2,22,32,33)(H,23,25,26)/t11-,16-,17-,19+/m1/s1. The van der Waals surface area contributed by atoms with Crippen LogP contribution < -0.4 is 10.5 Å². The number of hydrogen-bond donors (Lipinski definition) is 4. The van der Waals surface area contributed by atoms with Gasteiger partial charge in [0.2, 0.25) is 5.78 Å². The van der Waals surface area contributed by atoms with Crippen LogP contribution in [0.15, 0.2) is 47.6 Å². The number of ketones is 1. The molecule has 15 heteroatoms. The van der Waals surface area contributed by atoms with Crippen molar-refractivity contribution in [2.45, 2.75) is 31.2 Å². The zero-order valence-corrected chi connectivity index (χ0v) is 20.5. The third kappa shape index (κ3) is 6.25. The van der Waals surface area contributed by atoms with E-state index in [-0.39, 0.29) is 23.5 Å². The van der Waals surface area contributed by atoms with Gasteiger partial charge in [-0.2, -0.15) is 13.5 Å². The number of rotatable bonds is 9. The Kier molecular flexibility index (Phi) is 7.53. The van der Waals surface area contributed by atoms with Crippen molar-refractivity contribution in [3.05, 3.63) is 64.5 Å². The number of aromatic nitrogens is 5. The van der Waals surface area contributed by atoms with E-state index in [0.29, 0.717) is 6.54 Å². The maximum absolute atomic E-state index is 13.2. The largest absolute Gasteiger partial charge is 0.390 e. The Bertz CT molecular complexity index is 1320. The molecule has 0 amide bonds. The molecule has 1 saturated carbocycles. The second-order valence-corrected chi connectivity index (χ2v) is 10.1. The molecule has 0 saturated heterocycles. The number of aliphatic hydroxyl groups is 2. The average molecular weight is 568 g/mol. The zero-order valence-electron chi connectivity index (χ0n) is 18.1. The fraction of sp³-hybridized carbons (Fsp3) is 0.350. The second kappa shape index (κ2) is 10.4. The van der Waals surface area contributed by atoms with Gasteiger partial charge in [-0.15, -0.1) is 0 Å². The summed E-state index contributed by atoms with van der Waals surface area (Å²) in [5.74, 6) is -1.02. The normalized spacial score (nSPS) is 22.3. The van der Waals surface area contributed by atoms with Gasteiger partial charge in [0.15, 0.2) is 0 Å². The highest BCUT2D eigenvalue weighted by Crippen LogP contribution is 2.30. The van der Waals surface area contributed by atoms with Crippen LogP contribution in [-0.4, -0.2) is 74.0 Å². The van der Waals surface area contributed by atoms with E-state index in [4.69, 9.17) is 5.14 Å². The summed E-state index contributed by atoms with van der Waals surface area (Å²) in [6, 6.07) is 4.48. The molecule has 1 aliphatic carbocycles. The van der Waals surface area contributed by atoms with Gasteiger partial charge < -0.3 is 15.5 Å². The number of hydrogen-bond acceptors (Lipinski definition) is 11. The Morgan fingerprint density at radius 2 is 2.09 bits per heavy atom. The van der Waals surface area contributed by atoms with Crippen LogP contribution in [-0.2, 0) is 21.0 Å². The van der Waals surface area contributed by atoms with E-state index in [0.717, 1.165) is 10.2 Å². The predicted octanol–water partition coefficient (Wildman–Crippen LogP) is -0.148. The topological polar surface area (TPSA) is 195 Å². The van der Waals surface area contributed by atoms with Crippen LogP contribution in [0.4, 0.5) is 5.82 Å². The highest BCUT2D eigenvalue weighted by Gasteiger charge is 2.42. The van der Waals surface area contributed by atoms with Gasteiger partial charge >= 0.3 is 10.3 Å². The molecule has 3 aromatic rings. The van der Waals surface area contributed by atoms with Gasteiger partial charge in [-0.3, -0.25) is 18.6 Å². The van der Waals surface area contributed by atoms with Gasteiger partial charge in [-0.25, -0.2) is 15.1 Å². The Morgan fingerprint density at radius 1 is 1.29 bits per heavy atom. The minimum absolute atomic E-state index is 0.115. The van der Waals surface area contributed by atoms with E-state index in [1.54, 1.807) is 29.2 Å². The van der Waals surface area contributed by atoms with Crippen molar-refractivity contribution in [3.8, 4) is 0 Å². The van der Waals surface area contributed by atoms with Crippen molar-refractivity contribution in [1.29, 1.82) is 0 Å². The monoisotopic (exact) mass is 567 g/mol. The van der Waals surface area contributed by atoms with Gasteiger partial charge in [0.1, 0.15) is 23.9 Å². The molecule has 0 bridgehead atoms. The van der Waals surface area contributed by atoms with Crippen molar-refractivity contribution >= 4 is 37.8 Å². The van der Waals surface area contributed by atoms with E-state index in [1.807, 2.05) is 6.07 Å². The lowest BCUT2D eigenvalue weighted by molar-refractivity contribution is 0.00778. The predicted molar refractivity (Wildman–Crippen MR) is 125 cm³/mol. The molecule has 0 unspecified atom stereocenters. The maximum Gasteiger partial charge on any atom is 0.333 e. The number of anilines is 1. The summed E-state index contributed by atoms with van der Waals surface area (Å²) in [6.45, 7) is -0.0354. The van der Waals surface area contributed by atoms with Crippen LogP contribution in [0.1, 0.15) is 28.2 Å². The molecule has 0 aliphatic heterocycles. The van der Waals surface area contributed by atoms with E-state index in [2.05, 4.69) is 45.5 Å². The fourth-order valence-corrected chi connectivity index (χ4v) is 4.56. The van der Waals surface area contributed by atoms with Gasteiger partial charge in [-0.05, 0) is 24.6 Å². The van der Waals surface area contributed by atoms with Crippen LogP contribution in [0, 0.1) is 5.92 Å². The van der Waals surface area contributed by atoms with Crippen LogP contribution in [0.3, 0.4) is 0 Å². The summed E-state index contributed by atoms with van der Waals surface area (Å²) in [5.41, 5.74) is 1.02. The maximum atomic E-state index is 13.2. The molecule has 5 N–H and O–H groups in total. The van der Waals surface area contributed by atoms with E-state index >= 15 is 0 Å². The highest BCUT2D eigenvalue weighted by molar-refractivity contribution is 9.10. The highest BCUT2D eigenvalue weighted by atomic mass is 79.9. The number of halogens is 1. The van der Waals surface area contributed by atoms with E-state index in [1.165, 1.54) is 12.5 Å². The van der Waals surface area contributed by atoms with Crippen molar-refractivity contribution in [1.82, 2.24) is 24.7 Å². The number of carbonyl (C=O) groups excluding carboxylic acids is 1. The van der Waals surface area contributed by atoms with E-state index < -0.39 is 46.9 Å². The summed E-state index contributed by atoms with van der Waals surface area (Å²) in [6.07, 6.45) is 3.48. The number of aliphatic hydroxyl groups excluding tert-OH is 2. The van der Waals surface area contributed by atoms with Gasteiger partial charge in [0.05, 0.1) is 36.6 Å². The van der Waals surface area contributed by atoms with Gasteiger partial charge in [0.25, 0.3) is 0 Å². The summed E-state index contributed by atoms with van der Waals surface area (Å²) < 4.78 is 29.1. The molecule has 4 atom stereocenters. The number of carbonyl (C=O) groups is 1. The molecule has 0 radical (unpaired) electrons. The number of nitrogens with one attached hydrogen (secondary N) is 1. The minimum Gasteiger partial charge on any atom is -0.390 e. The first-order chi connectivity index (χ1) is 16.6. The number of pyridine rings is 1. The van der Waals surface area contributed by atoms with Crippen molar-refractivity contribution in [3.63, 3.8) is 0 Å². The van der Waals surface area contributed by atoms with Crippen LogP contribution in [0.25, 0.3) is 0 Å². The lowest BCUT2D eigenvalue weighted by Gasteiger charge is -2.19. The Morgan fingerprint density at radius 3 is 2.83 bits per heavy atom. The van der Waals surface area contributed by atoms with Crippen LogP contribution >= 0.6 is 15.9 Å². The summed E-state index contributed by atoms with van der Waals surface area (Å²) in [7, 11) is -4.19. The quantitative estimate of drug-likeness (QED) is 0.251. The molecule has 35 heavy (non-hydrogen) atoms. The molecule has 186 valence electrons. The zero-order chi connectivity index (χ0) is 25.2. The van der Waals surface area contributed by atoms with Crippen molar-refractivity contribution in [2.75, 3.05) is 11.9 Å². The molecule has 13 nitrogen and oxygen atoms in total. The average Bonchev–Trinajstić information content (AvgIpc) is 3.37. The lowest BCUT2D eigenvalue weighted by Crippen LogP contribution is -2.36. The summed E-state index contributed by atoms with van der Waals surface area (Å²) >= 11 is 3.39. The molecule has 3 aromatic heterocycles. The van der Waals surface area contributed by atoms with Gasteiger partial charge in [-0.1, -0.05) is 15.9 Å². The van der Waals surface area contributed by atoms with Gasteiger partial charge in [0, 0.05) is 29.0 Å². The summed E-state index contributed by atoms with van der Waals surface area (Å²) in [4.78, 5) is 25.4. The first kappa shape index (κ1) is 25.3. The summed E-state index contributed by atoms with van der Waals surface area (Å²) in [5, 5.41) is 32.8. The molecule has 4 rings (SSSR count). The minimum atomic E-state index is -4.19. The Hall–Kier alpha value is -2.82. The SMILES string of the molecule is NS(=O)(=O)OC[C@H]1C[C@@H](Nc2ncncc2C(=O)c2ccn(Cc3cc(Br)ccn3)n2)[C@H](O)[C@@H]1O. The third-order valence-corrected chi connectivity index (χ3v) is 6.46. The molecule has 3 heterocycles. The molecular formula is C20H22BrN7O6S. The van der Waals surface area contributed by atoms with Crippen LogP contribution in [0.2, 0.25) is 0 Å². The first-order valence-electron chi connectivity index (χ1n) is 10.4. The van der Waals surface area contributed by atoms with Crippen molar-refractivity contribution in [2.24, 2.45) is 11.1 Å². The third-order valence-electron chi connectivity index (χ3n) is 5.50. The Labute approximate surface area is 208 Å². The van der Waals surface area contributed by atoms with Crippen molar-refractivity contribution < 1.29 is 27.6 Å². The van der Waals surface area contributed by atoms with E-state index in [9.17, 15) is 23.4 Å². The molecule has 0 aromatic carbocycles. The molecule has 1 fully saturated rings. The molecular weight excluding hydrogens is 546 g/mol. The Balaban J connectivity index is 1.47. The fourth-order valence-electron chi connectivity index (χ4n) is 3.81. The number of nitrogens with zero attached hydrogens (tertiary/aromatic N) is 5. The smallest absolute Gasteiger partial charge is 0.333 e. The second-order valence-electron chi connectivity index (χ2n) is 7.98.